The highest BCUT2D eigenvalue weighted by Gasteiger charge is 0.836. The Hall–Kier alpha value is -0.0400. The first-order valence-corrected chi connectivity index (χ1v) is 0.577. The highest BCUT2D eigenvalue weighted by molar-refractivity contribution is 3.54. The molecule has 0 spiro atoms. The van der Waals surface area contributed by atoms with Crippen molar-refractivity contribution in [1.82, 2.24) is 0 Å². The Balaban J connectivity index is -0.000000000333. The van der Waals surface area contributed by atoms with E-state index in [1.165, 1.54) is 7.05 Å². The van der Waals surface area contributed by atoms with Gasteiger partial charge in [0.2, 0.25) is 0 Å². The topological polar surface area (TPSA) is 26.0 Å². The van der Waals surface area contributed by atoms with Gasteiger partial charge >= 0.3 is 0 Å². The maximum absolute atomic E-state index is 4.50. The van der Waals surface area contributed by atoms with E-state index in [0.29, 0.717) is 0 Å². The van der Waals surface area contributed by atoms with Crippen molar-refractivity contribution >= 4 is 0 Å². The molecule has 2 N–H and O–H groups in total. The zero-order valence-electron chi connectivity index (χ0n) is 1.58. The Morgan fingerprint density at radius 2 is 0.500 bits per heavy atom. The Morgan fingerprint density at radius 3 is 0.500 bits per heavy atom. The predicted molar refractivity (Wildman–Crippen MR) is 50.5 cm³/mol. The zero-order chi connectivity index (χ0) is 2.00. The fourth-order valence-electron chi connectivity index (χ4n) is 0. The molecule has 0 rings (SSSR count). The highest BCUT2D eigenvalue weighted by atomic mass is 14.4. The molecule has 0 aromatic rings. The van der Waals surface area contributed by atoms with E-state index in [-0.39, 0.29) is 44.6 Å². The van der Waals surface area contributed by atoms with E-state index in [0.717, 1.165) is 0 Å². The molecule has 0 bridgehead atoms. The zero-order valence-corrected chi connectivity index (χ0v) is 1.58. The van der Waals surface area contributed by atoms with Crippen molar-refractivity contribution in [2.24, 2.45) is 5.73 Å². The van der Waals surface area contributed by atoms with Crippen LogP contribution in [0.1, 0.15) is 44.6 Å². The minimum atomic E-state index is 0. The van der Waals surface area contributed by atoms with E-state index in [1.54, 1.807) is 0 Å². The van der Waals surface area contributed by atoms with Crippen molar-refractivity contribution in [3.05, 3.63) is 0 Å². The van der Waals surface area contributed by atoms with Crippen LogP contribution in [0.2, 0.25) is 0 Å². The minimum absolute atomic E-state index is 0. The van der Waals surface area contributed by atoms with Gasteiger partial charge in [-0.15, -0.1) is 0 Å². The molecule has 1 heteroatoms. The van der Waals surface area contributed by atoms with Crippen LogP contribution < -0.4 is 5.73 Å². The predicted octanol–water partition coefficient (Wildman–Crippen LogP) is 3.39. The van der Waals surface area contributed by atoms with Gasteiger partial charge < -0.3 is 5.73 Å². The Labute approximate surface area is 58.3 Å². The first-order valence-electron chi connectivity index (χ1n) is 0.577. The third-order valence-electron chi connectivity index (χ3n) is 0. The van der Waals surface area contributed by atoms with Crippen molar-refractivity contribution in [1.29, 1.82) is 0 Å². The van der Waals surface area contributed by atoms with Crippen molar-refractivity contribution in [2.45, 2.75) is 44.6 Å². The SMILES string of the molecule is C.C.C.C.C.C.CN. The second kappa shape index (κ2) is 155000. The second-order valence-electron chi connectivity index (χ2n) is 0. The smallest absolute Gasteiger partial charge is 0.0195 e. The summed E-state index contributed by atoms with van der Waals surface area (Å²) < 4.78 is 0. The molecule has 8 heavy (non-hydrogen) atoms. The van der Waals surface area contributed by atoms with Gasteiger partial charge in [0.05, 0.1) is 0 Å². The van der Waals surface area contributed by atoms with E-state index in [1.807, 2.05) is 0 Å². The van der Waals surface area contributed by atoms with Crippen molar-refractivity contribution in [3.63, 3.8) is 0 Å². The number of hydrogen-bond donors (Lipinski definition) is 1. The van der Waals surface area contributed by atoms with Gasteiger partial charge in [0.15, 0.2) is 0 Å². The molecule has 0 saturated carbocycles. The molecule has 0 saturated heterocycles. The van der Waals surface area contributed by atoms with E-state index in [2.05, 4.69) is 5.73 Å². The van der Waals surface area contributed by atoms with E-state index < -0.39 is 0 Å². The molecule has 1 nitrogen and oxygen atoms in total. The fourth-order valence-corrected chi connectivity index (χ4v) is 0. The largest absolute Gasteiger partial charge is 0.333 e. The van der Waals surface area contributed by atoms with Gasteiger partial charge in [-0.05, 0) is 7.05 Å². The molecule has 0 aromatic carbocycles. The normalized spacial score (nSPS) is 0.750. The standard InChI is InChI=1S/CH5N.6CH4/c1-2;;;;;;/h2H2,1H3;6*1H4. The molecule has 62 valence electrons. The number of nitrogens with two attached hydrogens (primary N) is 1. The summed E-state index contributed by atoms with van der Waals surface area (Å²) in [6.45, 7) is 0. The average Bonchev–Trinajstić information content (AvgIpc) is 1.00. The van der Waals surface area contributed by atoms with Crippen LogP contribution >= 0.6 is 0 Å². The van der Waals surface area contributed by atoms with Crippen molar-refractivity contribution < 1.29 is 0 Å². The number of hydrogen-bond acceptors (Lipinski definition) is 1. The minimum Gasteiger partial charge on any atom is -0.333 e. The summed E-state index contributed by atoms with van der Waals surface area (Å²) >= 11 is 0. The Morgan fingerprint density at radius 1 is 0.500 bits per heavy atom. The summed E-state index contributed by atoms with van der Waals surface area (Å²) in [5, 5.41) is 0. The van der Waals surface area contributed by atoms with Crippen LogP contribution in [0.15, 0.2) is 0 Å². The maximum atomic E-state index is 4.50. The lowest BCUT2D eigenvalue weighted by atomic mass is 11.6. The summed E-state index contributed by atoms with van der Waals surface area (Å²) in [6.07, 6.45) is 0. The molecule has 0 aromatic heterocycles. The van der Waals surface area contributed by atoms with Crippen LogP contribution in [0.25, 0.3) is 0 Å². The molecule has 0 amide bonds. The summed E-state index contributed by atoms with van der Waals surface area (Å²) in [5.41, 5.74) is 4.50. The average molecular weight is 127 g/mol. The van der Waals surface area contributed by atoms with Crippen LogP contribution in [-0.2, 0) is 0 Å². The molecule has 0 heterocycles. The summed E-state index contributed by atoms with van der Waals surface area (Å²) in [4.78, 5) is 0. The lowest BCUT2D eigenvalue weighted by Gasteiger charge is -1.19. The molecule has 0 atom stereocenters. The molecule has 0 radical (unpaired) electrons. The number of rotatable bonds is 0. The summed E-state index contributed by atoms with van der Waals surface area (Å²) in [6, 6.07) is 0. The Kier molecular flexibility index (Phi) is 8080000. The Bertz CT molecular complexity index is 4.35. The highest BCUT2D eigenvalue weighted by Crippen LogP contribution is 0.469. The fraction of sp³-hybridized carbons (Fsp3) is 1.00. The van der Waals surface area contributed by atoms with Crippen LogP contribution in [-0.4, -0.2) is 7.05 Å². The van der Waals surface area contributed by atoms with Gasteiger partial charge in [0.25, 0.3) is 0 Å². The maximum Gasteiger partial charge on any atom is -0.0195 e. The van der Waals surface area contributed by atoms with E-state index >= 15 is 0 Å². The molecule has 0 unspecified atom stereocenters. The summed E-state index contributed by atoms with van der Waals surface area (Å²) in [7, 11) is 1.50. The molecule has 0 aliphatic carbocycles. The monoisotopic (exact) mass is 127 g/mol. The van der Waals surface area contributed by atoms with Crippen molar-refractivity contribution in [2.75, 3.05) is 7.05 Å². The van der Waals surface area contributed by atoms with Crippen LogP contribution in [0.5, 0.6) is 0 Å². The van der Waals surface area contributed by atoms with Gasteiger partial charge in [0.1, 0.15) is 0 Å². The third-order valence-corrected chi connectivity index (χ3v) is 0. The van der Waals surface area contributed by atoms with Gasteiger partial charge in [-0.25, -0.2) is 0 Å². The quantitative estimate of drug-likeness (QED) is 0.530. The molecular formula is C7H29N. The molecule has 0 aliphatic heterocycles. The lowest BCUT2D eigenvalue weighted by molar-refractivity contribution is 1.48. The first kappa shape index (κ1) is 418. The van der Waals surface area contributed by atoms with Crippen LogP contribution in [0.3, 0.4) is 0 Å². The van der Waals surface area contributed by atoms with E-state index in [4.69, 9.17) is 0 Å². The van der Waals surface area contributed by atoms with E-state index in [9.17, 15) is 0 Å². The molecule has 0 aliphatic rings. The summed E-state index contributed by atoms with van der Waals surface area (Å²) in [5.74, 6) is 0. The van der Waals surface area contributed by atoms with Crippen LogP contribution in [0.4, 0.5) is 0 Å². The van der Waals surface area contributed by atoms with Gasteiger partial charge in [-0.2, -0.15) is 0 Å². The molecular weight excluding hydrogens is 98.1 g/mol. The van der Waals surface area contributed by atoms with Gasteiger partial charge in [-0.1, -0.05) is 44.6 Å². The lowest BCUT2D eigenvalue weighted by Crippen LogP contribution is -1.69. The van der Waals surface area contributed by atoms with Gasteiger partial charge in [0, 0.05) is 0 Å². The third kappa shape index (κ3) is 91600. The first-order chi connectivity index (χ1) is 1.00. The van der Waals surface area contributed by atoms with Gasteiger partial charge in [-0.3, -0.25) is 0 Å². The second-order valence-corrected chi connectivity index (χ2v) is 0. The molecule has 0 fully saturated rings. The van der Waals surface area contributed by atoms with Crippen molar-refractivity contribution in [3.8, 4) is 0 Å². The van der Waals surface area contributed by atoms with Crippen LogP contribution in [0, 0.1) is 0 Å².